The number of benzene rings is 3. The SMILES string of the molecule is Cc1ccc2[nH]c(C(=O)Oc3ccc(C(=O)CCN4CCN(c5ccccc5Cl)CC4)cc3)c(C)c2c1. The van der Waals surface area contributed by atoms with Gasteiger partial charge in [-0.1, -0.05) is 35.4 Å². The van der Waals surface area contributed by atoms with Crippen LogP contribution in [0, 0.1) is 13.8 Å². The van der Waals surface area contributed by atoms with Crippen LogP contribution in [0.25, 0.3) is 10.9 Å². The van der Waals surface area contributed by atoms with Crippen LogP contribution in [0.1, 0.15) is 38.4 Å². The monoisotopic (exact) mass is 515 g/mol. The van der Waals surface area contributed by atoms with Crippen LogP contribution in [0.3, 0.4) is 0 Å². The summed E-state index contributed by atoms with van der Waals surface area (Å²) in [5, 5.41) is 1.78. The number of hydrogen-bond acceptors (Lipinski definition) is 5. The van der Waals surface area contributed by atoms with E-state index in [9.17, 15) is 9.59 Å². The van der Waals surface area contributed by atoms with Gasteiger partial charge in [-0.25, -0.2) is 4.79 Å². The largest absolute Gasteiger partial charge is 0.422 e. The van der Waals surface area contributed by atoms with Crippen LogP contribution in [0.15, 0.2) is 66.7 Å². The molecule has 1 aliphatic rings. The fourth-order valence-corrected chi connectivity index (χ4v) is 5.09. The number of halogens is 1. The molecular formula is C30H30ClN3O3. The van der Waals surface area contributed by atoms with Gasteiger partial charge in [0.2, 0.25) is 0 Å². The van der Waals surface area contributed by atoms with Gasteiger partial charge in [0.05, 0.1) is 10.7 Å². The number of nitrogens with zero attached hydrogens (tertiary/aromatic N) is 2. The van der Waals surface area contributed by atoms with Gasteiger partial charge >= 0.3 is 5.97 Å². The second-order valence-electron chi connectivity index (χ2n) is 9.54. The van der Waals surface area contributed by atoms with Gasteiger partial charge in [0.15, 0.2) is 5.78 Å². The second-order valence-corrected chi connectivity index (χ2v) is 9.95. The van der Waals surface area contributed by atoms with Crippen molar-refractivity contribution in [3.8, 4) is 5.75 Å². The Balaban J connectivity index is 1.13. The number of Topliss-reactive ketones (excluding diaryl/α,β-unsaturated/α-hetero) is 1. The predicted molar refractivity (Wildman–Crippen MR) is 148 cm³/mol. The molecule has 0 saturated carbocycles. The number of aromatic nitrogens is 1. The van der Waals surface area contributed by atoms with Crippen LogP contribution >= 0.6 is 11.6 Å². The Kier molecular flexibility index (Phi) is 7.31. The fourth-order valence-electron chi connectivity index (χ4n) is 4.84. The zero-order valence-electron chi connectivity index (χ0n) is 21.1. The Hall–Kier alpha value is -3.61. The molecule has 2 heterocycles. The van der Waals surface area contributed by atoms with Gasteiger partial charge in [0.1, 0.15) is 11.4 Å². The van der Waals surface area contributed by atoms with Crippen LogP contribution in [0.2, 0.25) is 5.02 Å². The van der Waals surface area contributed by atoms with Crippen LogP contribution in [0.4, 0.5) is 5.69 Å². The standard InChI is InChI=1S/C30H30ClN3O3/c1-20-7-12-26-24(19-20)21(2)29(32-26)30(36)37-23-10-8-22(9-11-23)28(35)13-14-33-15-17-34(18-16-33)27-6-4-3-5-25(27)31/h3-12,19,32H,13-18H2,1-2H3. The smallest absolute Gasteiger partial charge is 0.360 e. The number of fused-ring (bicyclic) bond motifs is 1. The van der Waals surface area contributed by atoms with Crippen molar-refractivity contribution in [3.05, 3.63) is 94.1 Å². The van der Waals surface area contributed by atoms with Gasteiger partial charge in [-0.15, -0.1) is 0 Å². The van der Waals surface area contributed by atoms with Crippen molar-refractivity contribution < 1.29 is 14.3 Å². The van der Waals surface area contributed by atoms with Gasteiger partial charge in [-0.3, -0.25) is 9.69 Å². The number of para-hydroxylation sites is 1. The van der Waals surface area contributed by atoms with E-state index in [0.717, 1.165) is 58.9 Å². The highest BCUT2D eigenvalue weighted by atomic mass is 35.5. The summed E-state index contributed by atoms with van der Waals surface area (Å²) in [6.45, 7) is 8.19. The summed E-state index contributed by atoms with van der Waals surface area (Å²) in [5.41, 5.74) is 5.02. The first kappa shape index (κ1) is 25.1. The number of nitrogens with one attached hydrogen (secondary N) is 1. The van der Waals surface area contributed by atoms with Crippen molar-refractivity contribution in [1.82, 2.24) is 9.88 Å². The number of carbonyl (C=O) groups is 2. The quantitative estimate of drug-likeness (QED) is 0.184. The number of ether oxygens (including phenoxy) is 1. The van der Waals surface area contributed by atoms with Crippen molar-refractivity contribution in [3.63, 3.8) is 0 Å². The zero-order chi connectivity index (χ0) is 25.9. The molecule has 1 aliphatic heterocycles. The summed E-state index contributed by atoms with van der Waals surface area (Å²) in [7, 11) is 0. The lowest BCUT2D eigenvalue weighted by Gasteiger charge is -2.36. The summed E-state index contributed by atoms with van der Waals surface area (Å²) in [6.07, 6.45) is 0.443. The number of carbonyl (C=O) groups excluding carboxylic acids is 2. The molecule has 1 aromatic heterocycles. The number of piperazine rings is 1. The lowest BCUT2D eigenvalue weighted by molar-refractivity contribution is 0.0729. The van der Waals surface area contributed by atoms with E-state index < -0.39 is 5.97 Å². The number of aromatic amines is 1. The van der Waals surface area contributed by atoms with Crippen molar-refractivity contribution in [2.24, 2.45) is 0 Å². The molecule has 0 radical (unpaired) electrons. The Labute approximate surface area is 221 Å². The molecule has 0 unspecified atom stereocenters. The highest BCUT2D eigenvalue weighted by Crippen LogP contribution is 2.27. The highest BCUT2D eigenvalue weighted by molar-refractivity contribution is 6.33. The van der Waals surface area contributed by atoms with Crippen molar-refractivity contribution in [1.29, 1.82) is 0 Å². The van der Waals surface area contributed by atoms with Crippen LogP contribution in [-0.2, 0) is 0 Å². The molecule has 3 aromatic carbocycles. The topological polar surface area (TPSA) is 65.6 Å². The van der Waals surface area contributed by atoms with Crippen LogP contribution in [0.5, 0.6) is 5.75 Å². The van der Waals surface area contributed by atoms with Crippen molar-refractivity contribution in [2.75, 3.05) is 37.6 Å². The number of ketones is 1. The number of H-pyrrole nitrogens is 1. The molecule has 0 bridgehead atoms. The fraction of sp³-hybridized carbons (Fsp3) is 0.267. The molecule has 0 aliphatic carbocycles. The van der Waals surface area contributed by atoms with Gasteiger partial charge in [-0.2, -0.15) is 0 Å². The number of hydrogen-bond donors (Lipinski definition) is 1. The van der Waals surface area contributed by atoms with E-state index in [2.05, 4.69) is 20.9 Å². The highest BCUT2D eigenvalue weighted by Gasteiger charge is 2.20. The molecule has 6 nitrogen and oxygen atoms in total. The Morgan fingerprint density at radius 2 is 1.68 bits per heavy atom. The first-order valence-electron chi connectivity index (χ1n) is 12.6. The third-order valence-electron chi connectivity index (χ3n) is 7.03. The van der Waals surface area contributed by atoms with Crippen LogP contribution in [-0.4, -0.2) is 54.4 Å². The second kappa shape index (κ2) is 10.8. The maximum Gasteiger partial charge on any atom is 0.360 e. The van der Waals surface area contributed by atoms with E-state index in [0.29, 0.717) is 30.0 Å². The van der Waals surface area contributed by atoms with Crippen LogP contribution < -0.4 is 9.64 Å². The summed E-state index contributed by atoms with van der Waals surface area (Å²) >= 11 is 6.33. The molecule has 4 aromatic rings. The van der Waals surface area contributed by atoms with E-state index in [4.69, 9.17) is 16.3 Å². The third kappa shape index (κ3) is 5.55. The molecule has 1 fully saturated rings. The van der Waals surface area contributed by atoms with E-state index in [-0.39, 0.29) is 5.78 Å². The molecule has 190 valence electrons. The Morgan fingerprint density at radius 3 is 2.41 bits per heavy atom. The Morgan fingerprint density at radius 1 is 0.946 bits per heavy atom. The van der Waals surface area contributed by atoms with E-state index in [1.807, 2.05) is 50.2 Å². The first-order valence-corrected chi connectivity index (χ1v) is 12.9. The Bertz CT molecular complexity index is 1440. The number of aryl methyl sites for hydroxylation is 2. The van der Waals surface area contributed by atoms with E-state index in [1.165, 1.54) is 0 Å². The minimum absolute atomic E-state index is 0.0771. The lowest BCUT2D eigenvalue weighted by Crippen LogP contribution is -2.47. The lowest BCUT2D eigenvalue weighted by atomic mass is 10.1. The molecular weight excluding hydrogens is 486 g/mol. The maximum atomic E-state index is 12.8. The summed E-state index contributed by atoms with van der Waals surface area (Å²) in [6, 6.07) is 20.7. The summed E-state index contributed by atoms with van der Waals surface area (Å²) in [5.74, 6) is 0.0427. The molecule has 1 N–H and O–H groups in total. The molecule has 7 heteroatoms. The average molecular weight is 516 g/mol. The van der Waals surface area contributed by atoms with Crippen molar-refractivity contribution >= 4 is 39.9 Å². The minimum Gasteiger partial charge on any atom is -0.422 e. The third-order valence-corrected chi connectivity index (χ3v) is 7.34. The summed E-state index contributed by atoms with van der Waals surface area (Å²) in [4.78, 5) is 33.3. The first-order chi connectivity index (χ1) is 17.9. The van der Waals surface area contributed by atoms with Gasteiger partial charge in [-0.05, 0) is 67.9 Å². The number of anilines is 1. The molecule has 37 heavy (non-hydrogen) atoms. The zero-order valence-corrected chi connectivity index (χ0v) is 21.8. The maximum absolute atomic E-state index is 12.8. The summed E-state index contributed by atoms with van der Waals surface area (Å²) < 4.78 is 5.58. The van der Waals surface area contributed by atoms with Gasteiger partial charge in [0, 0.05) is 55.6 Å². The molecule has 1 saturated heterocycles. The van der Waals surface area contributed by atoms with E-state index in [1.54, 1.807) is 24.3 Å². The van der Waals surface area contributed by atoms with Gasteiger partial charge in [0.25, 0.3) is 0 Å². The molecule has 0 spiro atoms. The number of esters is 1. The molecule has 0 atom stereocenters. The normalized spacial score (nSPS) is 14.2. The predicted octanol–water partition coefficient (Wildman–Crippen LogP) is 6.05. The molecule has 5 rings (SSSR count). The van der Waals surface area contributed by atoms with Crippen molar-refractivity contribution in [2.45, 2.75) is 20.3 Å². The van der Waals surface area contributed by atoms with Gasteiger partial charge < -0.3 is 14.6 Å². The number of rotatable bonds is 7. The minimum atomic E-state index is -0.443. The van der Waals surface area contributed by atoms with E-state index >= 15 is 0 Å². The average Bonchev–Trinajstić information content (AvgIpc) is 3.24. The molecule has 0 amide bonds.